The van der Waals surface area contributed by atoms with Gasteiger partial charge < -0.3 is 4.42 Å². The van der Waals surface area contributed by atoms with Crippen LogP contribution in [-0.4, -0.2) is 15.0 Å². The third-order valence-electron chi connectivity index (χ3n) is 10.7. The molecule has 0 spiro atoms. The maximum Gasteiger partial charge on any atom is 0.164 e. The summed E-state index contributed by atoms with van der Waals surface area (Å²) in [7, 11) is 0. The van der Waals surface area contributed by atoms with E-state index in [1.165, 1.54) is 16.3 Å². The van der Waals surface area contributed by atoms with Crippen molar-refractivity contribution in [1.82, 2.24) is 15.0 Å². The van der Waals surface area contributed by atoms with Crippen molar-refractivity contribution in [2.24, 2.45) is 0 Å². The molecule has 4 heteroatoms. The first-order valence-corrected chi connectivity index (χ1v) is 18.5. The van der Waals surface area contributed by atoms with Gasteiger partial charge in [-0.25, -0.2) is 15.0 Å². The molecular weight excluding hydrogens is 671 g/mol. The van der Waals surface area contributed by atoms with Gasteiger partial charge in [0.25, 0.3) is 0 Å². The monoisotopic (exact) mass is 701 g/mol. The molecule has 11 rings (SSSR count). The van der Waals surface area contributed by atoms with Crippen molar-refractivity contribution in [3.8, 4) is 56.4 Å². The first-order chi connectivity index (χ1) is 27.2. The van der Waals surface area contributed by atoms with Gasteiger partial charge >= 0.3 is 0 Å². The molecule has 0 aliphatic heterocycles. The highest BCUT2D eigenvalue weighted by atomic mass is 16.3. The SMILES string of the molecule is c1ccc(-c2cccc(-c3c4ccccc4cc4c3oc3ccc(-c5nc(-c6ccc7ccccc7c6)nc(-c6ccc7ccccc7c6)n5)cc34)c2)cc1. The minimum atomic E-state index is 0.606. The summed E-state index contributed by atoms with van der Waals surface area (Å²) >= 11 is 0. The van der Waals surface area contributed by atoms with E-state index in [0.717, 1.165) is 76.9 Å². The van der Waals surface area contributed by atoms with Crippen LogP contribution in [0, 0.1) is 0 Å². The van der Waals surface area contributed by atoms with Crippen LogP contribution in [0.4, 0.5) is 0 Å². The van der Waals surface area contributed by atoms with Crippen LogP contribution in [0.3, 0.4) is 0 Å². The molecule has 2 heterocycles. The summed E-state index contributed by atoms with van der Waals surface area (Å²) in [5, 5.41) is 8.98. The average Bonchev–Trinajstić information content (AvgIpc) is 3.62. The molecule has 0 N–H and O–H groups in total. The van der Waals surface area contributed by atoms with E-state index in [9.17, 15) is 0 Å². The molecular formula is C51H31N3O. The highest BCUT2D eigenvalue weighted by molar-refractivity contribution is 6.18. The minimum Gasteiger partial charge on any atom is -0.455 e. The Labute approximate surface area is 317 Å². The van der Waals surface area contributed by atoms with E-state index in [0.29, 0.717) is 17.5 Å². The lowest BCUT2D eigenvalue weighted by molar-refractivity contribution is 0.670. The van der Waals surface area contributed by atoms with Crippen molar-refractivity contribution in [2.45, 2.75) is 0 Å². The summed E-state index contributed by atoms with van der Waals surface area (Å²) in [5.74, 6) is 1.86. The molecule has 0 saturated carbocycles. The fourth-order valence-electron chi connectivity index (χ4n) is 7.90. The van der Waals surface area contributed by atoms with Crippen molar-refractivity contribution in [3.63, 3.8) is 0 Å². The molecule has 55 heavy (non-hydrogen) atoms. The molecule has 0 atom stereocenters. The highest BCUT2D eigenvalue weighted by Gasteiger charge is 2.19. The van der Waals surface area contributed by atoms with Gasteiger partial charge in [-0.2, -0.15) is 0 Å². The van der Waals surface area contributed by atoms with E-state index < -0.39 is 0 Å². The van der Waals surface area contributed by atoms with E-state index in [-0.39, 0.29) is 0 Å². The predicted molar refractivity (Wildman–Crippen MR) is 227 cm³/mol. The van der Waals surface area contributed by atoms with E-state index in [1.54, 1.807) is 0 Å². The molecule has 256 valence electrons. The lowest BCUT2D eigenvalue weighted by atomic mass is 9.93. The number of rotatable bonds is 5. The normalized spacial score (nSPS) is 11.6. The summed E-state index contributed by atoms with van der Waals surface area (Å²) in [6.07, 6.45) is 0. The maximum absolute atomic E-state index is 6.80. The molecule has 9 aromatic carbocycles. The van der Waals surface area contributed by atoms with Crippen LogP contribution in [0.25, 0.3) is 111 Å². The maximum atomic E-state index is 6.80. The zero-order chi connectivity index (χ0) is 36.3. The van der Waals surface area contributed by atoms with Gasteiger partial charge in [0, 0.05) is 33.0 Å². The molecule has 0 amide bonds. The Kier molecular flexibility index (Phi) is 7.14. The van der Waals surface area contributed by atoms with Crippen molar-refractivity contribution in [3.05, 3.63) is 188 Å². The fraction of sp³-hybridized carbons (Fsp3) is 0. The second kappa shape index (κ2) is 12.6. The molecule has 11 aromatic rings. The zero-order valence-electron chi connectivity index (χ0n) is 29.6. The van der Waals surface area contributed by atoms with Crippen molar-refractivity contribution in [1.29, 1.82) is 0 Å². The van der Waals surface area contributed by atoms with Crippen LogP contribution in [0.2, 0.25) is 0 Å². The van der Waals surface area contributed by atoms with Crippen LogP contribution in [0.1, 0.15) is 0 Å². The van der Waals surface area contributed by atoms with Gasteiger partial charge in [0.2, 0.25) is 0 Å². The summed E-state index contributed by atoms with van der Waals surface area (Å²) in [5.41, 5.74) is 8.98. The summed E-state index contributed by atoms with van der Waals surface area (Å²) in [6, 6.07) is 65.8. The third kappa shape index (κ3) is 5.43. The van der Waals surface area contributed by atoms with Gasteiger partial charge in [-0.05, 0) is 91.5 Å². The molecule has 0 aliphatic carbocycles. The molecule has 0 aliphatic rings. The average molecular weight is 702 g/mol. The number of aromatic nitrogens is 3. The molecule has 0 radical (unpaired) electrons. The first kappa shape index (κ1) is 31.1. The topological polar surface area (TPSA) is 51.8 Å². The van der Waals surface area contributed by atoms with Crippen molar-refractivity contribution >= 4 is 54.3 Å². The summed E-state index contributed by atoms with van der Waals surface area (Å²) < 4.78 is 6.80. The second-order valence-corrected chi connectivity index (χ2v) is 14.0. The largest absolute Gasteiger partial charge is 0.455 e. The van der Waals surface area contributed by atoms with Crippen LogP contribution >= 0.6 is 0 Å². The molecule has 4 nitrogen and oxygen atoms in total. The van der Waals surface area contributed by atoms with Crippen LogP contribution in [-0.2, 0) is 0 Å². The predicted octanol–water partition coefficient (Wildman–Crippen LogP) is 13.6. The zero-order valence-corrected chi connectivity index (χ0v) is 29.6. The van der Waals surface area contributed by atoms with Gasteiger partial charge in [-0.1, -0.05) is 146 Å². The van der Waals surface area contributed by atoms with E-state index in [2.05, 4.69) is 188 Å². The number of hydrogen-bond acceptors (Lipinski definition) is 4. The van der Waals surface area contributed by atoms with Crippen molar-refractivity contribution < 1.29 is 4.42 Å². The number of nitrogens with zero attached hydrogens (tertiary/aromatic N) is 3. The van der Waals surface area contributed by atoms with E-state index in [1.807, 2.05) is 0 Å². The van der Waals surface area contributed by atoms with Crippen LogP contribution in [0.5, 0.6) is 0 Å². The lowest BCUT2D eigenvalue weighted by Gasteiger charge is -2.11. The van der Waals surface area contributed by atoms with Crippen molar-refractivity contribution in [2.75, 3.05) is 0 Å². The van der Waals surface area contributed by atoms with Gasteiger partial charge in [-0.15, -0.1) is 0 Å². The van der Waals surface area contributed by atoms with Gasteiger partial charge in [0.1, 0.15) is 11.2 Å². The molecule has 0 bridgehead atoms. The Bertz CT molecular complexity index is 3180. The van der Waals surface area contributed by atoms with E-state index in [4.69, 9.17) is 19.4 Å². The molecule has 0 saturated heterocycles. The Balaban J connectivity index is 1.11. The first-order valence-electron chi connectivity index (χ1n) is 18.5. The van der Waals surface area contributed by atoms with Gasteiger partial charge in [0.05, 0.1) is 0 Å². The second-order valence-electron chi connectivity index (χ2n) is 14.0. The lowest BCUT2D eigenvalue weighted by Crippen LogP contribution is -2.00. The number of hydrogen-bond donors (Lipinski definition) is 0. The Morgan fingerprint density at radius 2 is 0.818 bits per heavy atom. The minimum absolute atomic E-state index is 0.606. The number of furan rings is 1. The van der Waals surface area contributed by atoms with Crippen LogP contribution < -0.4 is 0 Å². The smallest absolute Gasteiger partial charge is 0.164 e. The summed E-state index contributed by atoms with van der Waals surface area (Å²) in [4.78, 5) is 15.4. The Hall–Kier alpha value is -7.43. The highest BCUT2D eigenvalue weighted by Crippen LogP contribution is 2.43. The Morgan fingerprint density at radius 3 is 1.49 bits per heavy atom. The Morgan fingerprint density at radius 1 is 0.291 bits per heavy atom. The standard InChI is InChI=1S/C51H31N3O/c1-2-11-32(12-3-1)37-18-10-19-39(27-37)47-43-20-9-8-17-38(43)30-45-44-31-42(25-26-46(44)55-48(45)47)51-53-49(40-23-21-33-13-4-6-15-35(33)28-40)52-50(54-51)41-24-22-34-14-5-7-16-36(34)29-41/h1-31H. The summed E-state index contributed by atoms with van der Waals surface area (Å²) in [6.45, 7) is 0. The van der Waals surface area contributed by atoms with E-state index >= 15 is 0 Å². The molecule has 0 unspecified atom stereocenters. The van der Waals surface area contributed by atoms with Gasteiger partial charge in [-0.3, -0.25) is 0 Å². The third-order valence-corrected chi connectivity index (χ3v) is 10.7. The molecule has 0 fully saturated rings. The van der Waals surface area contributed by atoms with Gasteiger partial charge in [0.15, 0.2) is 17.5 Å². The quantitative estimate of drug-likeness (QED) is 0.179. The molecule has 2 aromatic heterocycles. The number of fused-ring (bicyclic) bond motifs is 6. The number of benzene rings is 9. The fourth-order valence-corrected chi connectivity index (χ4v) is 7.90. The van der Waals surface area contributed by atoms with Crippen LogP contribution in [0.15, 0.2) is 192 Å².